The van der Waals surface area contributed by atoms with E-state index in [4.69, 9.17) is 10.8 Å². The average molecular weight is 171 g/mol. The molecule has 1 aromatic heterocycles. The number of aliphatic hydroxyl groups is 2. The summed E-state index contributed by atoms with van der Waals surface area (Å²) in [7, 11) is 0. The van der Waals surface area contributed by atoms with Crippen molar-refractivity contribution in [1.82, 2.24) is 9.78 Å². The molecule has 0 amide bonds. The van der Waals surface area contributed by atoms with Crippen LogP contribution in [0.4, 0.5) is 0 Å². The van der Waals surface area contributed by atoms with Gasteiger partial charge in [-0.05, 0) is 6.07 Å². The molecule has 0 radical (unpaired) electrons. The first-order valence-electron chi connectivity index (χ1n) is 3.80. The minimum absolute atomic E-state index is 0.00592. The van der Waals surface area contributed by atoms with Crippen molar-refractivity contribution in [2.45, 2.75) is 12.6 Å². The van der Waals surface area contributed by atoms with Crippen molar-refractivity contribution >= 4 is 0 Å². The van der Waals surface area contributed by atoms with Crippen LogP contribution in [0.5, 0.6) is 0 Å². The molecule has 0 aliphatic heterocycles. The molecule has 68 valence electrons. The fraction of sp³-hybridized carbons (Fsp3) is 0.571. The fourth-order valence-electron chi connectivity index (χ4n) is 1.03. The van der Waals surface area contributed by atoms with Crippen LogP contribution < -0.4 is 5.73 Å². The number of hydrogen-bond acceptors (Lipinski definition) is 4. The molecular formula is C7H13N3O2. The SMILES string of the molecule is NCC(O)c1ccnn1CCO. The molecule has 5 nitrogen and oxygen atoms in total. The molecule has 0 aliphatic carbocycles. The van der Waals surface area contributed by atoms with Gasteiger partial charge in [-0.1, -0.05) is 0 Å². The molecule has 0 spiro atoms. The largest absolute Gasteiger partial charge is 0.394 e. The van der Waals surface area contributed by atoms with Crippen LogP contribution in [0.2, 0.25) is 0 Å². The quantitative estimate of drug-likeness (QED) is 0.535. The van der Waals surface area contributed by atoms with Gasteiger partial charge in [0, 0.05) is 12.7 Å². The molecule has 0 aliphatic rings. The van der Waals surface area contributed by atoms with Gasteiger partial charge in [0.05, 0.1) is 18.8 Å². The normalized spacial score (nSPS) is 13.2. The first-order valence-corrected chi connectivity index (χ1v) is 3.80. The zero-order valence-corrected chi connectivity index (χ0v) is 6.72. The van der Waals surface area contributed by atoms with Crippen LogP contribution in [0, 0.1) is 0 Å². The summed E-state index contributed by atoms with van der Waals surface area (Å²) in [4.78, 5) is 0. The van der Waals surface area contributed by atoms with Crippen LogP contribution in [0.25, 0.3) is 0 Å². The molecule has 1 atom stereocenters. The molecule has 1 unspecified atom stereocenters. The first-order chi connectivity index (χ1) is 5.79. The Morgan fingerprint density at radius 1 is 1.67 bits per heavy atom. The molecule has 0 bridgehead atoms. The standard InChI is InChI=1S/C7H13N3O2/c8-5-7(12)6-1-2-9-10(6)3-4-11/h1-2,7,11-12H,3-5,8H2. The van der Waals surface area contributed by atoms with Crippen molar-refractivity contribution in [3.8, 4) is 0 Å². The third-order valence-electron chi connectivity index (χ3n) is 1.63. The van der Waals surface area contributed by atoms with Gasteiger partial charge in [-0.25, -0.2) is 0 Å². The molecule has 12 heavy (non-hydrogen) atoms. The van der Waals surface area contributed by atoms with Gasteiger partial charge in [0.25, 0.3) is 0 Å². The summed E-state index contributed by atoms with van der Waals surface area (Å²) in [5.41, 5.74) is 5.92. The lowest BCUT2D eigenvalue weighted by atomic mass is 10.2. The molecule has 0 aromatic carbocycles. The van der Waals surface area contributed by atoms with Gasteiger partial charge in [-0.3, -0.25) is 4.68 Å². The number of aliphatic hydroxyl groups excluding tert-OH is 2. The highest BCUT2D eigenvalue weighted by atomic mass is 16.3. The van der Waals surface area contributed by atoms with Crippen LogP contribution in [0.1, 0.15) is 11.8 Å². The van der Waals surface area contributed by atoms with Gasteiger partial charge in [0.2, 0.25) is 0 Å². The Bertz CT molecular complexity index is 236. The molecule has 0 saturated carbocycles. The maximum Gasteiger partial charge on any atom is 0.108 e. The Morgan fingerprint density at radius 3 is 3.00 bits per heavy atom. The molecular weight excluding hydrogens is 158 g/mol. The third kappa shape index (κ3) is 1.82. The van der Waals surface area contributed by atoms with Gasteiger partial charge in [0.15, 0.2) is 0 Å². The number of nitrogens with zero attached hydrogens (tertiary/aromatic N) is 2. The fourth-order valence-corrected chi connectivity index (χ4v) is 1.03. The highest BCUT2D eigenvalue weighted by molar-refractivity contribution is 5.04. The first kappa shape index (κ1) is 9.18. The van der Waals surface area contributed by atoms with E-state index in [2.05, 4.69) is 5.10 Å². The maximum atomic E-state index is 9.36. The molecule has 5 heteroatoms. The van der Waals surface area contributed by atoms with E-state index in [0.717, 1.165) is 0 Å². The monoisotopic (exact) mass is 171 g/mol. The highest BCUT2D eigenvalue weighted by Crippen LogP contribution is 2.09. The summed E-state index contributed by atoms with van der Waals surface area (Å²) in [6.07, 6.45) is 0.878. The summed E-state index contributed by atoms with van der Waals surface area (Å²) in [6.45, 7) is 0.558. The highest BCUT2D eigenvalue weighted by Gasteiger charge is 2.09. The van der Waals surface area contributed by atoms with Crippen molar-refractivity contribution in [1.29, 1.82) is 0 Å². The van der Waals surface area contributed by atoms with Crippen LogP contribution in [0.3, 0.4) is 0 Å². The van der Waals surface area contributed by atoms with E-state index in [-0.39, 0.29) is 13.2 Å². The summed E-state index contributed by atoms with van der Waals surface area (Å²) in [5, 5.41) is 21.9. The number of rotatable bonds is 4. The minimum atomic E-state index is -0.695. The van der Waals surface area contributed by atoms with Crippen LogP contribution in [-0.2, 0) is 6.54 Å². The predicted molar refractivity (Wildman–Crippen MR) is 43.3 cm³/mol. The number of aromatic nitrogens is 2. The average Bonchev–Trinajstić information content (AvgIpc) is 2.52. The van der Waals surface area contributed by atoms with E-state index in [0.29, 0.717) is 12.2 Å². The van der Waals surface area contributed by atoms with Gasteiger partial charge >= 0.3 is 0 Å². The van der Waals surface area contributed by atoms with Gasteiger partial charge in [-0.2, -0.15) is 5.10 Å². The lowest BCUT2D eigenvalue weighted by molar-refractivity contribution is 0.170. The molecule has 1 aromatic rings. The van der Waals surface area contributed by atoms with Crippen LogP contribution in [-0.4, -0.2) is 33.1 Å². The van der Waals surface area contributed by atoms with E-state index in [1.807, 2.05) is 0 Å². The van der Waals surface area contributed by atoms with Gasteiger partial charge in [0.1, 0.15) is 6.10 Å². The van der Waals surface area contributed by atoms with E-state index >= 15 is 0 Å². The van der Waals surface area contributed by atoms with Crippen molar-refractivity contribution in [3.05, 3.63) is 18.0 Å². The zero-order chi connectivity index (χ0) is 8.97. The molecule has 4 N–H and O–H groups in total. The van der Waals surface area contributed by atoms with Gasteiger partial charge in [-0.15, -0.1) is 0 Å². The second kappa shape index (κ2) is 4.20. The summed E-state index contributed by atoms with van der Waals surface area (Å²) in [5.74, 6) is 0. The lowest BCUT2D eigenvalue weighted by Crippen LogP contribution is -2.17. The molecule has 0 saturated heterocycles. The molecule has 1 rings (SSSR count). The number of hydrogen-bond donors (Lipinski definition) is 3. The Kier molecular flexibility index (Phi) is 3.21. The van der Waals surface area contributed by atoms with Crippen molar-refractivity contribution in [2.75, 3.05) is 13.2 Å². The van der Waals surface area contributed by atoms with Gasteiger partial charge < -0.3 is 15.9 Å². The lowest BCUT2D eigenvalue weighted by Gasteiger charge is -2.09. The van der Waals surface area contributed by atoms with Crippen molar-refractivity contribution in [3.63, 3.8) is 0 Å². The Morgan fingerprint density at radius 2 is 2.42 bits per heavy atom. The van der Waals surface area contributed by atoms with E-state index in [1.54, 1.807) is 12.3 Å². The third-order valence-corrected chi connectivity index (χ3v) is 1.63. The molecule has 1 heterocycles. The maximum absolute atomic E-state index is 9.36. The smallest absolute Gasteiger partial charge is 0.108 e. The Labute approximate surface area is 70.4 Å². The summed E-state index contributed by atoms with van der Waals surface area (Å²) in [6, 6.07) is 1.69. The topological polar surface area (TPSA) is 84.3 Å². The van der Waals surface area contributed by atoms with E-state index < -0.39 is 6.10 Å². The van der Waals surface area contributed by atoms with Crippen LogP contribution >= 0.6 is 0 Å². The predicted octanol–water partition coefficient (Wildman–Crippen LogP) is -1.13. The zero-order valence-electron chi connectivity index (χ0n) is 6.72. The number of nitrogens with two attached hydrogens (primary N) is 1. The van der Waals surface area contributed by atoms with Crippen molar-refractivity contribution < 1.29 is 10.2 Å². The Hall–Kier alpha value is -0.910. The second-order valence-corrected chi connectivity index (χ2v) is 2.45. The molecule has 0 fully saturated rings. The van der Waals surface area contributed by atoms with Crippen molar-refractivity contribution in [2.24, 2.45) is 5.73 Å². The van der Waals surface area contributed by atoms with E-state index in [1.165, 1.54) is 4.68 Å². The second-order valence-electron chi connectivity index (χ2n) is 2.45. The minimum Gasteiger partial charge on any atom is -0.394 e. The van der Waals surface area contributed by atoms with E-state index in [9.17, 15) is 5.11 Å². The van der Waals surface area contributed by atoms with Crippen LogP contribution in [0.15, 0.2) is 12.3 Å². The Balaban J connectivity index is 2.76. The summed E-state index contributed by atoms with van der Waals surface area (Å²) < 4.78 is 1.54. The summed E-state index contributed by atoms with van der Waals surface area (Å²) >= 11 is 0.